The van der Waals surface area contributed by atoms with Crippen molar-refractivity contribution in [3.63, 3.8) is 0 Å². The Morgan fingerprint density at radius 3 is 3.23 bits per heavy atom. The summed E-state index contributed by atoms with van der Waals surface area (Å²) in [5, 5.41) is 0. The Morgan fingerprint density at radius 2 is 2.38 bits per heavy atom. The zero-order valence-electron chi connectivity index (χ0n) is 6.77. The summed E-state index contributed by atoms with van der Waals surface area (Å²) in [6, 6.07) is 1.77. The first-order valence-electron chi connectivity index (χ1n) is 3.77. The Bertz CT molecular complexity index is 360. The van der Waals surface area contributed by atoms with E-state index in [2.05, 4.69) is 4.98 Å². The first-order valence-corrected chi connectivity index (χ1v) is 3.77. The third-order valence-corrected chi connectivity index (χ3v) is 1.62. The van der Waals surface area contributed by atoms with Gasteiger partial charge in [0.2, 0.25) is 6.79 Å². The number of aromatic nitrogens is 1. The predicted molar refractivity (Wildman–Crippen MR) is 45.5 cm³/mol. The van der Waals surface area contributed by atoms with Gasteiger partial charge in [0.25, 0.3) is 5.88 Å². The third-order valence-electron chi connectivity index (χ3n) is 1.62. The van der Waals surface area contributed by atoms with Gasteiger partial charge in [0, 0.05) is 6.20 Å². The van der Waals surface area contributed by atoms with E-state index in [1.807, 2.05) is 0 Å². The molecule has 0 saturated heterocycles. The fraction of sp³-hybridized carbons (Fsp3) is 0.111. The van der Waals surface area contributed by atoms with Crippen LogP contribution in [0.4, 0.5) is 0 Å². The molecule has 66 valence electrons. The zero-order chi connectivity index (χ0) is 9.10. The van der Waals surface area contributed by atoms with Gasteiger partial charge < -0.3 is 9.47 Å². The van der Waals surface area contributed by atoms with E-state index in [0.717, 1.165) is 5.56 Å². The number of carbonyl (C=O) groups is 1. The van der Waals surface area contributed by atoms with Gasteiger partial charge in [-0.05, 0) is 17.7 Å². The molecule has 0 aliphatic carbocycles. The van der Waals surface area contributed by atoms with E-state index in [0.29, 0.717) is 17.9 Å². The number of hydrogen-bond donors (Lipinski definition) is 0. The summed E-state index contributed by atoms with van der Waals surface area (Å²) in [5.41, 5.74) is 0.816. The molecular weight excluding hydrogens is 170 g/mol. The minimum atomic E-state index is 0.211. The second-order valence-electron chi connectivity index (χ2n) is 2.47. The van der Waals surface area contributed by atoms with Crippen LogP contribution in [0, 0.1) is 0 Å². The fourth-order valence-electron chi connectivity index (χ4n) is 1.05. The molecule has 0 N–H and O–H groups in total. The van der Waals surface area contributed by atoms with Gasteiger partial charge in [-0.2, -0.15) is 0 Å². The van der Waals surface area contributed by atoms with Crippen molar-refractivity contribution in [2.45, 2.75) is 0 Å². The molecule has 0 atom stereocenters. The molecule has 0 bridgehead atoms. The van der Waals surface area contributed by atoms with Gasteiger partial charge in [-0.15, -0.1) is 0 Å². The molecule has 0 fully saturated rings. The minimum Gasteiger partial charge on any atom is -0.452 e. The third kappa shape index (κ3) is 1.51. The first-order chi connectivity index (χ1) is 6.40. The minimum absolute atomic E-state index is 0.211. The topological polar surface area (TPSA) is 48.4 Å². The van der Waals surface area contributed by atoms with Gasteiger partial charge in [0.1, 0.15) is 6.29 Å². The standard InChI is InChI=1S/C9H7NO3/c11-3-1-2-7-4-8-9(10-5-7)13-6-12-8/h1-5H,6H2/b2-1+. The molecule has 4 heteroatoms. The van der Waals surface area contributed by atoms with Crippen LogP contribution in [0.25, 0.3) is 6.08 Å². The quantitative estimate of drug-likeness (QED) is 0.500. The van der Waals surface area contributed by atoms with Crippen molar-refractivity contribution < 1.29 is 14.3 Å². The van der Waals surface area contributed by atoms with Crippen LogP contribution >= 0.6 is 0 Å². The summed E-state index contributed by atoms with van der Waals surface area (Å²) in [6.07, 6.45) is 5.39. The maximum atomic E-state index is 10.0. The molecule has 13 heavy (non-hydrogen) atoms. The van der Waals surface area contributed by atoms with Crippen molar-refractivity contribution in [1.82, 2.24) is 4.98 Å². The van der Waals surface area contributed by atoms with Crippen LogP contribution in [0.3, 0.4) is 0 Å². The van der Waals surface area contributed by atoms with Crippen molar-refractivity contribution in [2.24, 2.45) is 0 Å². The van der Waals surface area contributed by atoms with Crippen LogP contribution in [0.15, 0.2) is 18.3 Å². The summed E-state index contributed by atoms with van der Waals surface area (Å²) in [5.74, 6) is 1.12. The van der Waals surface area contributed by atoms with Gasteiger partial charge in [-0.25, -0.2) is 4.98 Å². The second kappa shape index (κ2) is 3.26. The first kappa shape index (κ1) is 7.79. The van der Waals surface area contributed by atoms with Crippen LogP contribution in [0.1, 0.15) is 5.56 Å². The Morgan fingerprint density at radius 1 is 1.46 bits per heavy atom. The number of rotatable bonds is 2. The van der Waals surface area contributed by atoms with Gasteiger partial charge >= 0.3 is 0 Å². The largest absolute Gasteiger partial charge is 0.452 e. The molecule has 2 rings (SSSR count). The lowest BCUT2D eigenvalue weighted by Crippen LogP contribution is -1.93. The molecule has 1 aliphatic rings. The van der Waals surface area contributed by atoms with E-state index in [9.17, 15) is 4.79 Å². The van der Waals surface area contributed by atoms with Crippen LogP contribution in [0.5, 0.6) is 11.6 Å². The summed E-state index contributed by atoms with van der Waals surface area (Å²) < 4.78 is 10.1. The Hall–Kier alpha value is -1.84. The van der Waals surface area contributed by atoms with Crippen molar-refractivity contribution >= 4 is 12.4 Å². The zero-order valence-corrected chi connectivity index (χ0v) is 6.77. The molecule has 4 nitrogen and oxygen atoms in total. The molecular formula is C9H7NO3. The highest BCUT2D eigenvalue weighted by Gasteiger charge is 2.13. The van der Waals surface area contributed by atoms with E-state index in [1.165, 1.54) is 6.08 Å². The average molecular weight is 177 g/mol. The molecule has 0 saturated carbocycles. The number of hydrogen-bond acceptors (Lipinski definition) is 4. The van der Waals surface area contributed by atoms with E-state index in [1.54, 1.807) is 18.3 Å². The number of carbonyl (C=O) groups excluding carboxylic acids is 1. The fourth-order valence-corrected chi connectivity index (χ4v) is 1.05. The molecule has 2 heterocycles. The van der Waals surface area contributed by atoms with Gasteiger partial charge in [-0.1, -0.05) is 6.08 Å². The maximum Gasteiger partial charge on any atom is 0.260 e. The maximum absolute atomic E-state index is 10.0. The monoisotopic (exact) mass is 177 g/mol. The average Bonchev–Trinajstić information content (AvgIpc) is 2.61. The Labute approximate surface area is 74.8 Å². The molecule has 1 aromatic rings. The van der Waals surface area contributed by atoms with E-state index >= 15 is 0 Å². The number of nitrogens with zero attached hydrogens (tertiary/aromatic N) is 1. The number of aldehydes is 1. The van der Waals surface area contributed by atoms with Crippen molar-refractivity contribution in [2.75, 3.05) is 6.79 Å². The van der Waals surface area contributed by atoms with Crippen LogP contribution in [-0.2, 0) is 4.79 Å². The predicted octanol–water partition coefficient (Wildman–Crippen LogP) is 1.02. The number of allylic oxidation sites excluding steroid dienone is 1. The van der Waals surface area contributed by atoms with E-state index < -0.39 is 0 Å². The SMILES string of the molecule is O=C/C=C/c1cnc2c(c1)OCO2. The highest BCUT2D eigenvalue weighted by Crippen LogP contribution is 2.29. The number of pyridine rings is 1. The van der Waals surface area contributed by atoms with Gasteiger partial charge in [-0.3, -0.25) is 4.79 Å². The highest BCUT2D eigenvalue weighted by atomic mass is 16.7. The lowest BCUT2D eigenvalue weighted by molar-refractivity contribution is -0.104. The summed E-state index contributed by atoms with van der Waals surface area (Å²) in [6.45, 7) is 0.211. The lowest BCUT2D eigenvalue weighted by Gasteiger charge is -1.95. The summed E-state index contributed by atoms with van der Waals surface area (Å²) in [7, 11) is 0. The molecule has 0 radical (unpaired) electrons. The number of ether oxygens (including phenoxy) is 2. The van der Waals surface area contributed by atoms with E-state index in [-0.39, 0.29) is 6.79 Å². The van der Waals surface area contributed by atoms with Gasteiger partial charge in [0.05, 0.1) is 0 Å². The molecule has 1 aliphatic heterocycles. The molecule has 0 spiro atoms. The van der Waals surface area contributed by atoms with Crippen LogP contribution in [-0.4, -0.2) is 18.1 Å². The van der Waals surface area contributed by atoms with Crippen molar-refractivity contribution in [1.29, 1.82) is 0 Å². The second-order valence-corrected chi connectivity index (χ2v) is 2.47. The summed E-state index contributed by atoms with van der Waals surface area (Å²) in [4.78, 5) is 14.0. The summed E-state index contributed by atoms with van der Waals surface area (Å²) >= 11 is 0. The molecule has 0 amide bonds. The van der Waals surface area contributed by atoms with Crippen molar-refractivity contribution in [3.8, 4) is 11.6 Å². The Balaban J connectivity index is 2.30. The molecule has 1 aromatic heterocycles. The van der Waals surface area contributed by atoms with Gasteiger partial charge in [0.15, 0.2) is 5.75 Å². The van der Waals surface area contributed by atoms with E-state index in [4.69, 9.17) is 9.47 Å². The normalized spacial score (nSPS) is 13.5. The smallest absolute Gasteiger partial charge is 0.260 e. The highest BCUT2D eigenvalue weighted by molar-refractivity contribution is 5.74. The van der Waals surface area contributed by atoms with Crippen LogP contribution in [0.2, 0.25) is 0 Å². The Kier molecular flexibility index (Phi) is 1.96. The lowest BCUT2D eigenvalue weighted by atomic mass is 10.2. The molecule has 0 aromatic carbocycles. The van der Waals surface area contributed by atoms with Crippen LogP contribution < -0.4 is 9.47 Å². The molecule has 0 unspecified atom stereocenters. The van der Waals surface area contributed by atoms with Crippen molar-refractivity contribution in [3.05, 3.63) is 23.9 Å². The number of fused-ring (bicyclic) bond motifs is 1.